The summed E-state index contributed by atoms with van der Waals surface area (Å²) in [6.45, 7) is 2.94. The van der Waals surface area contributed by atoms with Gasteiger partial charge in [-0.05, 0) is 42.6 Å². The third-order valence-corrected chi connectivity index (χ3v) is 4.31. The number of halogens is 1. The number of benzene rings is 2. The summed E-state index contributed by atoms with van der Waals surface area (Å²) in [5.74, 6) is 1.09. The molecule has 1 amide bonds. The number of piperidine rings is 1. The number of amides is 1. The number of rotatable bonds is 6. The number of carbonyl (C=O) groups is 1. The molecular formula is C20H25ClN2O2. The van der Waals surface area contributed by atoms with Crippen LogP contribution in [0.1, 0.15) is 24.0 Å². The molecule has 25 heavy (non-hydrogen) atoms. The zero-order chi connectivity index (χ0) is 16.6. The lowest BCUT2D eigenvalue weighted by Crippen LogP contribution is -2.40. The summed E-state index contributed by atoms with van der Waals surface area (Å²) < 4.78 is 5.77. The van der Waals surface area contributed by atoms with Crippen molar-refractivity contribution in [1.82, 2.24) is 10.6 Å². The highest BCUT2D eigenvalue weighted by Crippen LogP contribution is 2.15. The molecule has 1 atom stereocenters. The summed E-state index contributed by atoms with van der Waals surface area (Å²) in [6, 6.07) is 18.0. The molecule has 0 aromatic heterocycles. The van der Waals surface area contributed by atoms with E-state index in [0.29, 0.717) is 13.2 Å². The fourth-order valence-corrected chi connectivity index (χ4v) is 2.85. The van der Waals surface area contributed by atoms with Gasteiger partial charge >= 0.3 is 0 Å². The van der Waals surface area contributed by atoms with Gasteiger partial charge in [-0.25, -0.2) is 0 Å². The van der Waals surface area contributed by atoms with Gasteiger partial charge in [-0.3, -0.25) is 4.79 Å². The minimum atomic E-state index is 0. The van der Waals surface area contributed by atoms with Crippen LogP contribution in [0.3, 0.4) is 0 Å². The van der Waals surface area contributed by atoms with E-state index in [2.05, 4.69) is 10.6 Å². The Balaban J connectivity index is 0.00000225. The van der Waals surface area contributed by atoms with Crippen molar-refractivity contribution in [2.45, 2.75) is 26.0 Å². The molecule has 0 bridgehead atoms. The summed E-state index contributed by atoms with van der Waals surface area (Å²) in [7, 11) is 0. The van der Waals surface area contributed by atoms with Crippen LogP contribution >= 0.6 is 12.4 Å². The zero-order valence-electron chi connectivity index (χ0n) is 14.2. The Bertz CT molecular complexity index is 641. The van der Waals surface area contributed by atoms with Crippen LogP contribution in [0, 0.1) is 5.92 Å². The fraction of sp³-hybridized carbons (Fsp3) is 0.350. The van der Waals surface area contributed by atoms with Crippen LogP contribution in [0.4, 0.5) is 0 Å². The molecule has 1 saturated heterocycles. The normalized spacial score (nSPS) is 16.6. The quantitative estimate of drug-likeness (QED) is 0.831. The largest absolute Gasteiger partial charge is 0.489 e. The number of hydrogen-bond acceptors (Lipinski definition) is 3. The van der Waals surface area contributed by atoms with Gasteiger partial charge in [0.2, 0.25) is 5.91 Å². The third kappa shape index (κ3) is 6.07. The highest BCUT2D eigenvalue weighted by atomic mass is 35.5. The first kappa shape index (κ1) is 19.3. The molecule has 1 aliphatic heterocycles. The van der Waals surface area contributed by atoms with Crippen molar-refractivity contribution in [3.05, 3.63) is 65.7 Å². The molecular weight excluding hydrogens is 336 g/mol. The van der Waals surface area contributed by atoms with Crippen LogP contribution in [-0.4, -0.2) is 19.0 Å². The fourth-order valence-electron chi connectivity index (χ4n) is 2.85. The topological polar surface area (TPSA) is 50.4 Å². The predicted molar refractivity (Wildman–Crippen MR) is 102 cm³/mol. The SMILES string of the molecule is Cl.O=C(NCc1ccc(OCc2ccccc2)cc1)[C@@H]1CCCNC1. The van der Waals surface area contributed by atoms with Crippen molar-refractivity contribution in [2.24, 2.45) is 5.92 Å². The Labute approximate surface area is 155 Å². The second kappa shape index (κ2) is 10.1. The first-order valence-corrected chi connectivity index (χ1v) is 8.55. The second-order valence-electron chi connectivity index (χ2n) is 6.18. The molecule has 0 aliphatic carbocycles. The average molecular weight is 361 g/mol. The minimum Gasteiger partial charge on any atom is -0.489 e. The predicted octanol–water partition coefficient (Wildman–Crippen LogP) is 3.30. The van der Waals surface area contributed by atoms with Gasteiger partial charge in [0.1, 0.15) is 12.4 Å². The number of ether oxygens (including phenoxy) is 1. The molecule has 2 N–H and O–H groups in total. The lowest BCUT2D eigenvalue weighted by atomic mass is 9.99. The van der Waals surface area contributed by atoms with E-state index in [4.69, 9.17) is 4.74 Å². The highest BCUT2D eigenvalue weighted by molar-refractivity contribution is 5.85. The number of nitrogens with one attached hydrogen (secondary N) is 2. The van der Waals surface area contributed by atoms with E-state index in [9.17, 15) is 4.79 Å². The summed E-state index contributed by atoms with van der Waals surface area (Å²) >= 11 is 0. The van der Waals surface area contributed by atoms with E-state index < -0.39 is 0 Å². The van der Waals surface area contributed by atoms with Gasteiger partial charge < -0.3 is 15.4 Å². The molecule has 2 aromatic carbocycles. The minimum absolute atomic E-state index is 0. The molecule has 3 rings (SSSR count). The molecule has 5 heteroatoms. The van der Waals surface area contributed by atoms with Crippen LogP contribution in [0.25, 0.3) is 0 Å². The van der Waals surface area contributed by atoms with Crippen molar-refractivity contribution < 1.29 is 9.53 Å². The molecule has 134 valence electrons. The maximum Gasteiger partial charge on any atom is 0.224 e. The highest BCUT2D eigenvalue weighted by Gasteiger charge is 2.20. The molecule has 0 radical (unpaired) electrons. The Hall–Kier alpha value is -2.04. The Kier molecular flexibility index (Phi) is 7.76. The Morgan fingerprint density at radius 3 is 2.52 bits per heavy atom. The van der Waals surface area contributed by atoms with Crippen LogP contribution in [-0.2, 0) is 17.9 Å². The standard InChI is InChI=1S/C20H24N2O2.ClH/c23-20(18-7-4-12-21-14-18)22-13-16-8-10-19(11-9-16)24-15-17-5-2-1-3-6-17;/h1-3,5-6,8-11,18,21H,4,7,12-15H2,(H,22,23);1H/t18-;/m1./s1. The van der Waals surface area contributed by atoms with Crippen molar-refractivity contribution in [3.63, 3.8) is 0 Å². The van der Waals surface area contributed by atoms with Crippen LogP contribution in [0.2, 0.25) is 0 Å². The maximum atomic E-state index is 12.1. The van der Waals surface area contributed by atoms with Crippen molar-refractivity contribution >= 4 is 18.3 Å². The summed E-state index contributed by atoms with van der Waals surface area (Å²) in [5, 5.41) is 6.30. The maximum absolute atomic E-state index is 12.1. The second-order valence-corrected chi connectivity index (χ2v) is 6.18. The molecule has 4 nitrogen and oxygen atoms in total. The molecule has 0 spiro atoms. The van der Waals surface area contributed by atoms with Gasteiger partial charge in [-0.2, -0.15) is 0 Å². The van der Waals surface area contributed by atoms with Crippen LogP contribution < -0.4 is 15.4 Å². The van der Waals surface area contributed by atoms with Crippen molar-refractivity contribution in [3.8, 4) is 5.75 Å². The monoisotopic (exact) mass is 360 g/mol. The summed E-state index contributed by atoms with van der Waals surface area (Å²) in [4.78, 5) is 12.1. The number of carbonyl (C=O) groups excluding carboxylic acids is 1. The van der Waals surface area contributed by atoms with E-state index in [1.807, 2.05) is 54.6 Å². The van der Waals surface area contributed by atoms with E-state index in [0.717, 1.165) is 42.8 Å². The number of hydrogen-bond donors (Lipinski definition) is 2. The lowest BCUT2D eigenvalue weighted by Gasteiger charge is -2.21. The summed E-state index contributed by atoms with van der Waals surface area (Å²) in [6.07, 6.45) is 2.05. The van der Waals surface area contributed by atoms with Gasteiger partial charge in [-0.1, -0.05) is 42.5 Å². The summed E-state index contributed by atoms with van der Waals surface area (Å²) in [5.41, 5.74) is 2.23. The van der Waals surface area contributed by atoms with Crippen LogP contribution in [0.5, 0.6) is 5.75 Å². The van der Waals surface area contributed by atoms with E-state index in [1.165, 1.54) is 0 Å². The van der Waals surface area contributed by atoms with E-state index in [1.54, 1.807) is 0 Å². The van der Waals surface area contributed by atoms with Gasteiger partial charge in [0.25, 0.3) is 0 Å². The molecule has 1 heterocycles. The average Bonchev–Trinajstić information content (AvgIpc) is 2.67. The molecule has 0 unspecified atom stereocenters. The molecule has 1 aliphatic rings. The Morgan fingerprint density at radius 1 is 1.08 bits per heavy atom. The van der Waals surface area contributed by atoms with Crippen molar-refractivity contribution in [1.29, 1.82) is 0 Å². The molecule has 2 aromatic rings. The van der Waals surface area contributed by atoms with Gasteiger partial charge in [0.15, 0.2) is 0 Å². The van der Waals surface area contributed by atoms with Gasteiger partial charge in [0.05, 0.1) is 5.92 Å². The van der Waals surface area contributed by atoms with Gasteiger partial charge in [-0.15, -0.1) is 12.4 Å². The Morgan fingerprint density at radius 2 is 1.84 bits per heavy atom. The first-order chi connectivity index (χ1) is 11.8. The van der Waals surface area contributed by atoms with Gasteiger partial charge in [0, 0.05) is 13.1 Å². The van der Waals surface area contributed by atoms with Crippen molar-refractivity contribution in [2.75, 3.05) is 13.1 Å². The van der Waals surface area contributed by atoms with E-state index in [-0.39, 0.29) is 24.2 Å². The zero-order valence-corrected chi connectivity index (χ0v) is 15.1. The lowest BCUT2D eigenvalue weighted by molar-refractivity contribution is -0.125. The smallest absolute Gasteiger partial charge is 0.224 e. The van der Waals surface area contributed by atoms with E-state index >= 15 is 0 Å². The third-order valence-electron chi connectivity index (χ3n) is 4.31. The molecule has 0 saturated carbocycles. The first-order valence-electron chi connectivity index (χ1n) is 8.55. The van der Waals surface area contributed by atoms with Crippen LogP contribution in [0.15, 0.2) is 54.6 Å². The molecule has 1 fully saturated rings.